The Labute approximate surface area is 112 Å². The van der Waals surface area contributed by atoms with Crippen LogP contribution in [0.2, 0.25) is 5.02 Å². The van der Waals surface area contributed by atoms with E-state index in [-0.39, 0.29) is 6.04 Å². The normalized spacial score (nSPS) is 12.7. The summed E-state index contributed by atoms with van der Waals surface area (Å²) in [6.07, 6.45) is 2.62. The summed E-state index contributed by atoms with van der Waals surface area (Å²) in [6, 6.07) is 7.93. The molecule has 0 saturated heterocycles. The van der Waals surface area contributed by atoms with E-state index in [2.05, 4.69) is 10.5 Å². The van der Waals surface area contributed by atoms with Crippen molar-refractivity contribution in [2.24, 2.45) is 12.9 Å². The van der Waals surface area contributed by atoms with Gasteiger partial charge in [0.15, 0.2) is 0 Å². The summed E-state index contributed by atoms with van der Waals surface area (Å²) in [5.74, 6) is 5.62. The summed E-state index contributed by atoms with van der Waals surface area (Å²) in [5.41, 5.74) is 5.92. The van der Waals surface area contributed by atoms with E-state index in [1.54, 1.807) is 4.68 Å². The maximum absolute atomic E-state index is 6.25. The average Bonchev–Trinajstić information content (AvgIpc) is 2.72. The lowest BCUT2D eigenvalue weighted by atomic mass is 10.0. The van der Waals surface area contributed by atoms with Crippen molar-refractivity contribution >= 4 is 11.6 Å². The Kier molecular flexibility index (Phi) is 4.01. The highest BCUT2D eigenvalue weighted by atomic mass is 35.5. The van der Waals surface area contributed by atoms with Gasteiger partial charge in [0.1, 0.15) is 0 Å². The second-order valence-electron chi connectivity index (χ2n) is 4.43. The van der Waals surface area contributed by atoms with E-state index in [1.165, 1.54) is 0 Å². The van der Waals surface area contributed by atoms with Gasteiger partial charge in [0, 0.05) is 24.7 Å². The van der Waals surface area contributed by atoms with Gasteiger partial charge in [-0.2, -0.15) is 5.10 Å². The van der Waals surface area contributed by atoms with Crippen LogP contribution in [0.4, 0.5) is 0 Å². The van der Waals surface area contributed by atoms with Gasteiger partial charge < -0.3 is 0 Å². The van der Waals surface area contributed by atoms with Crippen LogP contribution < -0.4 is 11.3 Å². The van der Waals surface area contributed by atoms with Crippen molar-refractivity contribution in [1.29, 1.82) is 0 Å². The third-order valence-corrected chi connectivity index (χ3v) is 3.24. The summed E-state index contributed by atoms with van der Waals surface area (Å²) in [6.45, 7) is 2.01. The van der Waals surface area contributed by atoms with Crippen LogP contribution in [-0.4, -0.2) is 9.78 Å². The highest BCUT2D eigenvalue weighted by molar-refractivity contribution is 6.31. The Hall–Kier alpha value is -1.36. The number of hydrogen-bond donors (Lipinski definition) is 2. The van der Waals surface area contributed by atoms with Gasteiger partial charge in [-0.25, -0.2) is 0 Å². The van der Waals surface area contributed by atoms with Crippen LogP contribution in [0.15, 0.2) is 30.5 Å². The highest BCUT2D eigenvalue weighted by Gasteiger charge is 2.15. The Morgan fingerprint density at radius 1 is 1.44 bits per heavy atom. The first-order valence-corrected chi connectivity index (χ1v) is 6.18. The molecule has 0 aliphatic heterocycles. The largest absolute Gasteiger partial charge is 0.276 e. The molecule has 0 radical (unpaired) electrons. The van der Waals surface area contributed by atoms with Crippen LogP contribution in [0.25, 0.3) is 0 Å². The lowest BCUT2D eigenvalue weighted by Crippen LogP contribution is -2.30. The lowest BCUT2D eigenvalue weighted by Gasteiger charge is -2.17. The fourth-order valence-corrected chi connectivity index (χ4v) is 2.32. The van der Waals surface area contributed by atoms with Gasteiger partial charge in [-0.05, 0) is 30.2 Å². The first-order valence-electron chi connectivity index (χ1n) is 5.81. The second kappa shape index (κ2) is 5.52. The van der Waals surface area contributed by atoms with E-state index < -0.39 is 0 Å². The van der Waals surface area contributed by atoms with Gasteiger partial charge >= 0.3 is 0 Å². The number of rotatable bonds is 4. The molecule has 0 spiro atoms. The number of nitrogens with two attached hydrogens (primary N) is 1. The zero-order chi connectivity index (χ0) is 13.1. The molecule has 3 N–H and O–H groups in total. The number of nitrogens with zero attached hydrogens (tertiary/aromatic N) is 2. The molecule has 1 unspecified atom stereocenters. The molecule has 1 aromatic heterocycles. The molecule has 0 fully saturated rings. The summed E-state index contributed by atoms with van der Waals surface area (Å²) >= 11 is 6.25. The Morgan fingerprint density at radius 3 is 2.78 bits per heavy atom. The Morgan fingerprint density at radius 2 is 2.22 bits per heavy atom. The van der Waals surface area contributed by atoms with Crippen molar-refractivity contribution in [2.45, 2.75) is 19.4 Å². The number of benzene rings is 1. The highest BCUT2D eigenvalue weighted by Crippen LogP contribution is 2.25. The van der Waals surface area contributed by atoms with Gasteiger partial charge in [-0.3, -0.25) is 16.0 Å². The maximum atomic E-state index is 6.25. The minimum absolute atomic E-state index is 0.0343. The number of halogens is 1. The third kappa shape index (κ3) is 2.90. The predicted molar refractivity (Wildman–Crippen MR) is 73.2 cm³/mol. The Balaban J connectivity index is 2.22. The molecule has 5 heteroatoms. The van der Waals surface area contributed by atoms with E-state index in [0.29, 0.717) is 6.42 Å². The number of hydrogen-bond acceptors (Lipinski definition) is 3. The standard InChI is InChI=1S/C13H17ClN4/c1-9-3-4-11(12(14)7-9)13(16-15)8-10-5-6-18(2)17-10/h3-7,13,16H,8,15H2,1-2H3. The molecule has 0 bridgehead atoms. The minimum atomic E-state index is -0.0343. The quantitative estimate of drug-likeness (QED) is 0.657. The molecule has 18 heavy (non-hydrogen) atoms. The van der Waals surface area contributed by atoms with Crippen molar-refractivity contribution in [3.63, 3.8) is 0 Å². The van der Waals surface area contributed by atoms with E-state index in [4.69, 9.17) is 17.4 Å². The minimum Gasteiger partial charge on any atom is -0.276 e. The summed E-state index contributed by atoms with van der Waals surface area (Å²) in [5, 5.41) is 5.08. The van der Waals surface area contributed by atoms with Crippen LogP contribution in [0.1, 0.15) is 22.9 Å². The molecule has 1 aromatic carbocycles. The molecular formula is C13H17ClN4. The number of nitrogens with one attached hydrogen (secondary N) is 1. The van der Waals surface area contributed by atoms with Crippen LogP contribution in [0, 0.1) is 6.92 Å². The fraction of sp³-hybridized carbons (Fsp3) is 0.308. The van der Waals surface area contributed by atoms with Gasteiger partial charge in [0.25, 0.3) is 0 Å². The van der Waals surface area contributed by atoms with Crippen molar-refractivity contribution in [3.05, 3.63) is 52.3 Å². The number of aromatic nitrogens is 2. The zero-order valence-corrected chi connectivity index (χ0v) is 11.3. The zero-order valence-electron chi connectivity index (χ0n) is 10.5. The monoisotopic (exact) mass is 264 g/mol. The molecule has 2 aromatic rings. The molecule has 1 atom stereocenters. The molecule has 4 nitrogen and oxygen atoms in total. The van der Waals surface area contributed by atoms with Gasteiger partial charge in [0.05, 0.1) is 11.7 Å². The number of hydrazine groups is 1. The van der Waals surface area contributed by atoms with E-state index in [9.17, 15) is 0 Å². The van der Waals surface area contributed by atoms with E-state index in [1.807, 2.05) is 44.4 Å². The van der Waals surface area contributed by atoms with Crippen molar-refractivity contribution in [1.82, 2.24) is 15.2 Å². The second-order valence-corrected chi connectivity index (χ2v) is 4.84. The molecule has 0 aliphatic rings. The first kappa shape index (κ1) is 13.1. The van der Waals surface area contributed by atoms with Crippen molar-refractivity contribution in [3.8, 4) is 0 Å². The molecule has 96 valence electrons. The van der Waals surface area contributed by atoms with Crippen LogP contribution in [-0.2, 0) is 13.5 Å². The summed E-state index contributed by atoms with van der Waals surface area (Å²) in [7, 11) is 1.90. The molecule has 2 rings (SSSR count). The van der Waals surface area contributed by atoms with Gasteiger partial charge in [-0.15, -0.1) is 0 Å². The number of aryl methyl sites for hydroxylation is 2. The molecule has 0 amide bonds. The Bertz CT molecular complexity index is 536. The molecule has 0 aliphatic carbocycles. The first-order chi connectivity index (χ1) is 8.60. The fourth-order valence-electron chi connectivity index (χ4n) is 1.95. The van der Waals surface area contributed by atoms with E-state index >= 15 is 0 Å². The average molecular weight is 265 g/mol. The predicted octanol–water partition coefficient (Wildman–Crippen LogP) is 2.13. The van der Waals surface area contributed by atoms with Crippen LogP contribution in [0.3, 0.4) is 0 Å². The maximum Gasteiger partial charge on any atom is 0.0643 e. The smallest absolute Gasteiger partial charge is 0.0643 e. The van der Waals surface area contributed by atoms with Gasteiger partial charge in [-0.1, -0.05) is 23.7 Å². The summed E-state index contributed by atoms with van der Waals surface area (Å²) < 4.78 is 1.78. The van der Waals surface area contributed by atoms with Crippen LogP contribution in [0.5, 0.6) is 0 Å². The van der Waals surface area contributed by atoms with Gasteiger partial charge in [0.2, 0.25) is 0 Å². The van der Waals surface area contributed by atoms with Crippen molar-refractivity contribution < 1.29 is 0 Å². The summed E-state index contributed by atoms with van der Waals surface area (Å²) in [4.78, 5) is 0. The SMILES string of the molecule is Cc1ccc(C(Cc2ccn(C)n2)NN)c(Cl)c1. The molecule has 1 heterocycles. The van der Waals surface area contributed by atoms with Crippen molar-refractivity contribution in [2.75, 3.05) is 0 Å². The lowest BCUT2D eigenvalue weighted by molar-refractivity contribution is 0.541. The molecule has 0 saturated carbocycles. The van der Waals surface area contributed by atoms with Crippen LogP contribution >= 0.6 is 11.6 Å². The topological polar surface area (TPSA) is 55.9 Å². The van der Waals surface area contributed by atoms with E-state index in [0.717, 1.165) is 21.8 Å². The molecular weight excluding hydrogens is 248 g/mol. The third-order valence-electron chi connectivity index (χ3n) is 2.91.